The summed E-state index contributed by atoms with van der Waals surface area (Å²) in [5, 5.41) is 0. The Hall–Kier alpha value is -1.09. The van der Waals surface area contributed by atoms with E-state index in [1.54, 1.807) is 0 Å². The molecule has 0 bridgehead atoms. The van der Waals surface area contributed by atoms with E-state index in [0.717, 1.165) is 5.56 Å². The SMILES string of the molecule is CN(c1cccc(C(N)=S)c1)C1CCCCCC1. The lowest BCUT2D eigenvalue weighted by molar-refractivity contribution is 0.553. The van der Waals surface area contributed by atoms with E-state index in [-0.39, 0.29) is 0 Å². The normalized spacial score (nSPS) is 17.2. The van der Waals surface area contributed by atoms with Crippen LogP contribution in [0.5, 0.6) is 0 Å². The molecule has 2 nitrogen and oxygen atoms in total. The van der Waals surface area contributed by atoms with Gasteiger partial charge in [0.25, 0.3) is 0 Å². The second-order valence-electron chi connectivity index (χ2n) is 5.17. The van der Waals surface area contributed by atoms with Crippen LogP contribution in [0.4, 0.5) is 5.69 Å². The van der Waals surface area contributed by atoms with Crippen LogP contribution < -0.4 is 10.6 Å². The largest absolute Gasteiger partial charge is 0.389 e. The molecule has 3 heteroatoms. The van der Waals surface area contributed by atoms with Gasteiger partial charge < -0.3 is 10.6 Å². The average Bonchev–Trinajstić information content (AvgIpc) is 2.67. The fraction of sp³-hybridized carbons (Fsp3) is 0.533. The smallest absolute Gasteiger partial charge is 0.104 e. The van der Waals surface area contributed by atoms with Crippen molar-refractivity contribution in [2.75, 3.05) is 11.9 Å². The van der Waals surface area contributed by atoms with Crippen molar-refractivity contribution < 1.29 is 0 Å². The number of nitrogens with two attached hydrogens (primary N) is 1. The van der Waals surface area contributed by atoms with E-state index >= 15 is 0 Å². The van der Waals surface area contributed by atoms with Crippen LogP contribution in [0.2, 0.25) is 0 Å². The van der Waals surface area contributed by atoms with E-state index in [4.69, 9.17) is 18.0 Å². The maximum atomic E-state index is 5.70. The van der Waals surface area contributed by atoms with Crippen molar-refractivity contribution in [1.29, 1.82) is 0 Å². The molecule has 0 atom stereocenters. The van der Waals surface area contributed by atoms with Crippen molar-refractivity contribution in [1.82, 2.24) is 0 Å². The first kappa shape index (κ1) is 13.3. The van der Waals surface area contributed by atoms with Gasteiger partial charge in [-0.2, -0.15) is 0 Å². The molecule has 2 N–H and O–H groups in total. The highest BCUT2D eigenvalue weighted by molar-refractivity contribution is 7.80. The Labute approximate surface area is 115 Å². The third kappa shape index (κ3) is 3.22. The first-order chi connectivity index (χ1) is 8.68. The molecular weight excluding hydrogens is 240 g/mol. The van der Waals surface area contributed by atoms with Crippen LogP contribution in [-0.2, 0) is 0 Å². The van der Waals surface area contributed by atoms with Crippen LogP contribution in [0.15, 0.2) is 24.3 Å². The number of hydrogen-bond donors (Lipinski definition) is 1. The number of thiocarbonyl (C=S) groups is 1. The van der Waals surface area contributed by atoms with Gasteiger partial charge in [0.2, 0.25) is 0 Å². The monoisotopic (exact) mass is 262 g/mol. The minimum Gasteiger partial charge on any atom is -0.389 e. The highest BCUT2D eigenvalue weighted by Crippen LogP contribution is 2.25. The zero-order valence-electron chi connectivity index (χ0n) is 11.1. The quantitative estimate of drug-likeness (QED) is 0.668. The zero-order valence-corrected chi connectivity index (χ0v) is 11.9. The molecule has 1 saturated carbocycles. The fourth-order valence-corrected chi connectivity index (χ4v) is 2.86. The molecule has 0 unspecified atom stereocenters. The number of benzene rings is 1. The molecule has 0 radical (unpaired) electrons. The van der Waals surface area contributed by atoms with Crippen molar-refractivity contribution in [2.45, 2.75) is 44.6 Å². The second kappa shape index (κ2) is 6.19. The van der Waals surface area contributed by atoms with Gasteiger partial charge in [0.05, 0.1) is 0 Å². The molecule has 1 aromatic rings. The maximum absolute atomic E-state index is 5.70. The summed E-state index contributed by atoms with van der Waals surface area (Å²) in [6, 6.07) is 8.93. The Bertz CT molecular complexity index is 409. The number of rotatable bonds is 3. The van der Waals surface area contributed by atoms with Gasteiger partial charge in [-0.1, -0.05) is 50.0 Å². The first-order valence-corrected chi connectivity index (χ1v) is 7.22. The first-order valence-electron chi connectivity index (χ1n) is 6.81. The lowest BCUT2D eigenvalue weighted by atomic mass is 10.1. The predicted molar refractivity (Wildman–Crippen MR) is 82.2 cm³/mol. The van der Waals surface area contributed by atoms with Crippen molar-refractivity contribution >= 4 is 22.9 Å². The molecule has 1 aromatic carbocycles. The third-order valence-corrected chi connectivity index (χ3v) is 4.15. The van der Waals surface area contributed by atoms with Crippen LogP contribution in [0.1, 0.15) is 44.1 Å². The second-order valence-corrected chi connectivity index (χ2v) is 5.61. The summed E-state index contributed by atoms with van der Waals surface area (Å²) < 4.78 is 0. The standard InChI is InChI=1S/C15H22N2S/c1-17(13-8-4-2-3-5-9-13)14-10-6-7-12(11-14)15(16)18/h6-7,10-11,13H,2-5,8-9H2,1H3,(H2,16,18). The van der Waals surface area contributed by atoms with E-state index in [9.17, 15) is 0 Å². The van der Waals surface area contributed by atoms with Gasteiger partial charge in [0.15, 0.2) is 0 Å². The molecule has 1 aliphatic rings. The summed E-state index contributed by atoms with van der Waals surface area (Å²) in [6.07, 6.45) is 8.07. The molecule has 0 heterocycles. The molecule has 0 aromatic heterocycles. The molecule has 0 amide bonds. The van der Waals surface area contributed by atoms with Gasteiger partial charge in [-0.3, -0.25) is 0 Å². The Balaban J connectivity index is 2.13. The van der Waals surface area contributed by atoms with Gasteiger partial charge >= 0.3 is 0 Å². The van der Waals surface area contributed by atoms with Gasteiger partial charge in [-0.15, -0.1) is 0 Å². The molecule has 98 valence electrons. The van der Waals surface area contributed by atoms with Crippen molar-refractivity contribution in [3.8, 4) is 0 Å². The van der Waals surface area contributed by atoms with Gasteiger partial charge in [-0.05, 0) is 25.0 Å². The van der Waals surface area contributed by atoms with Crippen LogP contribution in [-0.4, -0.2) is 18.1 Å². The summed E-state index contributed by atoms with van der Waals surface area (Å²) in [5.74, 6) is 0. The van der Waals surface area contributed by atoms with Crippen molar-refractivity contribution in [3.05, 3.63) is 29.8 Å². The lowest BCUT2D eigenvalue weighted by Gasteiger charge is -2.29. The van der Waals surface area contributed by atoms with Gasteiger partial charge in [0, 0.05) is 24.3 Å². The lowest BCUT2D eigenvalue weighted by Crippen LogP contribution is -2.31. The molecule has 0 saturated heterocycles. The Morgan fingerprint density at radius 2 is 1.89 bits per heavy atom. The molecule has 1 fully saturated rings. The summed E-state index contributed by atoms with van der Waals surface area (Å²) in [6.45, 7) is 0. The van der Waals surface area contributed by atoms with E-state index in [1.807, 2.05) is 12.1 Å². The summed E-state index contributed by atoms with van der Waals surface area (Å²) in [4.78, 5) is 2.87. The Morgan fingerprint density at radius 1 is 1.22 bits per heavy atom. The average molecular weight is 262 g/mol. The van der Waals surface area contributed by atoms with Gasteiger partial charge in [0.1, 0.15) is 4.99 Å². The van der Waals surface area contributed by atoms with Crippen molar-refractivity contribution in [3.63, 3.8) is 0 Å². The Morgan fingerprint density at radius 3 is 2.50 bits per heavy atom. The highest BCUT2D eigenvalue weighted by Gasteiger charge is 2.17. The molecule has 2 rings (SSSR count). The van der Waals surface area contributed by atoms with Crippen LogP contribution in [0.25, 0.3) is 0 Å². The minimum atomic E-state index is 0.478. The number of anilines is 1. The molecule has 18 heavy (non-hydrogen) atoms. The number of nitrogens with zero attached hydrogens (tertiary/aromatic N) is 1. The Kier molecular flexibility index (Phi) is 4.59. The fourth-order valence-electron chi connectivity index (χ4n) is 2.73. The van der Waals surface area contributed by atoms with Crippen LogP contribution >= 0.6 is 12.2 Å². The molecule has 0 aliphatic heterocycles. The van der Waals surface area contributed by atoms with Crippen molar-refractivity contribution in [2.24, 2.45) is 5.73 Å². The molecular formula is C15H22N2S. The van der Waals surface area contributed by atoms with E-state index < -0.39 is 0 Å². The highest BCUT2D eigenvalue weighted by atomic mass is 32.1. The zero-order chi connectivity index (χ0) is 13.0. The summed E-state index contributed by atoms with van der Waals surface area (Å²) in [7, 11) is 2.19. The maximum Gasteiger partial charge on any atom is 0.104 e. The van der Waals surface area contributed by atoms with E-state index in [0.29, 0.717) is 11.0 Å². The molecule has 0 spiro atoms. The van der Waals surface area contributed by atoms with Crippen LogP contribution in [0, 0.1) is 0 Å². The summed E-state index contributed by atoms with van der Waals surface area (Å²) in [5.41, 5.74) is 7.89. The minimum absolute atomic E-state index is 0.478. The third-order valence-electron chi connectivity index (χ3n) is 3.91. The summed E-state index contributed by atoms with van der Waals surface area (Å²) >= 11 is 5.05. The van der Waals surface area contributed by atoms with E-state index in [1.165, 1.54) is 44.2 Å². The predicted octanol–water partition coefficient (Wildman–Crippen LogP) is 3.48. The molecule has 1 aliphatic carbocycles. The number of hydrogen-bond acceptors (Lipinski definition) is 2. The van der Waals surface area contributed by atoms with E-state index in [2.05, 4.69) is 24.1 Å². The van der Waals surface area contributed by atoms with Gasteiger partial charge in [-0.25, -0.2) is 0 Å². The van der Waals surface area contributed by atoms with Crippen LogP contribution in [0.3, 0.4) is 0 Å². The topological polar surface area (TPSA) is 29.3 Å².